The van der Waals surface area contributed by atoms with Crippen LogP contribution in [0.1, 0.15) is 58.9 Å². The van der Waals surface area contributed by atoms with Crippen LogP contribution in [0, 0.1) is 0 Å². The van der Waals surface area contributed by atoms with E-state index in [2.05, 4.69) is 39.7 Å². The predicted octanol–water partition coefficient (Wildman–Crippen LogP) is 6.22. The molecule has 0 saturated carbocycles. The van der Waals surface area contributed by atoms with E-state index >= 15 is 0 Å². The molecule has 0 unspecified atom stereocenters. The van der Waals surface area contributed by atoms with E-state index in [0.29, 0.717) is 46.3 Å². The number of benzene rings is 2. The number of hydrogen-bond donors (Lipinski definition) is 5. The van der Waals surface area contributed by atoms with Crippen LogP contribution in [0.2, 0.25) is 5.02 Å². The number of alkyl halides is 4. The van der Waals surface area contributed by atoms with Gasteiger partial charge in [-0.05, 0) is 86.7 Å². The van der Waals surface area contributed by atoms with Crippen LogP contribution in [0.15, 0.2) is 99.0 Å². The van der Waals surface area contributed by atoms with E-state index in [-0.39, 0.29) is 46.7 Å². The van der Waals surface area contributed by atoms with Gasteiger partial charge in [-0.3, -0.25) is 25.0 Å². The Morgan fingerprint density at radius 2 is 1.24 bits per heavy atom. The minimum atomic E-state index is -4.71. The number of rotatable bonds is 18. The predicted molar refractivity (Wildman–Crippen MR) is 285 cm³/mol. The summed E-state index contributed by atoms with van der Waals surface area (Å²) < 4.78 is 125. The highest BCUT2D eigenvalue weighted by molar-refractivity contribution is 7.90. The SMILES string of the molecule is CCOC(=O)/C(Cl)=C/c1cc(N2C(=O)C3=C(CCCC3)C2=O)ccc1Cl.COc1cc(OC)nc(NC(=O)NS(=O)(=O)c2ncccc2C(=O)N(C)C)n1.O=C(Nc1nc(OC(F)F)cc(OC(F)F)n1)NS(=O)(=O)c1ccccc1C(=O)O. The number of imide groups is 1. The van der Waals surface area contributed by atoms with Gasteiger partial charge in [0.1, 0.15) is 9.93 Å². The van der Waals surface area contributed by atoms with Crippen molar-refractivity contribution in [1.82, 2.24) is 39.3 Å². The van der Waals surface area contributed by atoms with Gasteiger partial charge < -0.3 is 33.7 Å². The number of carbonyl (C=O) groups excluding carboxylic acids is 6. The Balaban J connectivity index is 0.000000231. The lowest BCUT2D eigenvalue weighted by Crippen LogP contribution is -2.36. The molecule has 1 aliphatic heterocycles. The first kappa shape index (κ1) is 65.5. The number of sulfonamides is 2. The number of anilines is 3. The molecule has 3 aromatic heterocycles. The van der Waals surface area contributed by atoms with Crippen LogP contribution in [0.25, 0.3) is 6.08 Å². The van der Waals surface area contributed by atoms with Gasteiger partial charge in [0.25, 0.3) is 37.8 Å². The maximum Gasteiger partial charge on any atom is 0.388 e. The standard InChI is InChI=1S/C19H17Cl2NO4.C15H18N6O6S.C14H10F4N4O7S/c1-2-26-19(25)16(21)10-11-9-12(7-8-15(11)20)22-17(23)13-5-3-4-6-14(13)18(22)24;1-21(2)13(22)9-6-5-7-16-12(9)28(24,25)20-15(23)19-14-17-10(26-3)8-11(18-14)27-4;15-11(16)28-8-5-9(29-12(17)18)20-13(19-8)21-14(25)22-30(26,27)7-4-2-1-3-6(7)10(23)24/h7-10H,2-6H2,1H3;5-8H,1-4H3,(H2,17,18,19,20,23);1-5,11-12H,(H,23,24)(H2,19,20,21,22,25)/b16-10-;;. The van der Waals surface area contributed by atoms with E-state index in [0.717, 1.165) is 25.0 Å². The minimum absolute atomic E-state index is 0.0913. The smallest absolute Gasteiger partial charge is 0.388 e. The van der Waals surface area contributed by atoms with Crippen molar-refractivity contribution in [1.29, 1.82) is 0 Å². The van der Waals surface area contributed by atoms with Gasteiger partial charge in [-0.2, -0.15) is 45.9 Å². The molecule has 448 valence electrons. The third-order valence-corrected chi connectivity index (χ3v) is 13.8. The molecule has 0 saturated heterocycles. The second-order valence-corrected chi connectivity index (χ2v) is 20.5. The molecule has 36 heteroatoms. The van der Waals surface area contributed by atoms with Gasteiger partial charge in [-0.1, -0.05) is 35.3 Å². The van der Waals surface area contributed by atoms with Crippen LogP contribution in [0.3, 0.4) is 0 Å². The lowest BCUT2D eigenvalue weighted by molar-refractivity contribution is -0.137. The van der Waals surface area contributed by atoms with Gasteiger partial charge in [0.15, 0.2) is 5.03 Å². The monoisotopic (exact) mass is 1260 g/mol. The van der Waals surface area contributed by atoms with Crippen molar-refractivity contribution in [3.63, 3.8) is 0 Å². The molecule has 2 aliphatic rings. The fourth-order valence-electron chi connectivity index (χ4n) is 7.07. The van der Waals surface area contributed by atoms with Gasteiger partial charge in [0, 0.05) is 36.5 Å². The van der Waals surface area contributed by atoms with Crippen molar-refractivity contribution in [3.05, 3.63) is 111 Å². The Morgan fingerprint density at radius 1 is 0.738 bits per heavy atom. The number of amides is 7. The van der Waals surface area contributed by atoms with Crippen LogP contribution in [0.5, 0.6) is 23.5 Å². The zero-order valence-electron chi connectivity index (χ0n) is 43.9. The summed E-state index contributed by atoms with van der Waals surface area (Å²) in [5.41, 5.74) is 1.21. The molecule has 5 aromatic rings. The molecule has 0 spiro atoms. The molecular formula is C48H45Cl2F4N11O17S2. The van der Waals surface area contributed by atoms with Crippen LogP contribution in [0.4, 0.5) is 44.7 Å². The molecular weight excluding hydrogens is 1210 g/mol. The first-order valence-corrected chi connectivity index (χ1v) is 27.2. The summed E-state index contributed by atoms with van der Waals surface area (Å²) >= 11 is 12.1. The lowest BCUT2D eigenvalue weighted by atomic mass is 9.93. The number of nitrogens with one attached hydrogen (secondary N) is 4. The molecule has 4 heterocycles. The number of aromatic nitrogens is 5. The highest BCUT2D eigenvalue weighted by atomic mass is 35.5. The topological polar surface area (TPSA) is 373 Å². The van der Waals surface area contributed by atoms with Gasteiger partial charge in [-0.25, -0.2) is 46.9 Å². The Bertz CT molecular complexity index is 3580. The highest BCUT2D eigenvalue weighted by Gasteiger charge is 2.40. The Morgan fingerprint density at radius 3 is 1.74 bits per heavy atom. The van der Waals surface area contributed by atoms with Crippen molar-refractivity contribution < 1.29 is 96.7 Å². The largest absolute Gasteiger partial charge is 0.481 e. The number of carboxylic acid groups (broad SMARTS) is 1. The molecule has 0 bridgehead atoms. The molecule has 7 rings (SSSR count). The second-order valence-electron chi connectivity index (χ2n) is 16.4. The number of hydrogen-bond acceptors (Lipinski definition) is 21. The first-order valence-electron chi connectivity index (χ1n) is 23.5. The van der Waals surface area contributed by atoms with E-state index in [1.165, 1.54) is 85.4 Å². The van der Waals surface area contributed by atoms with Crippen molar-refractivity contribution in [2.45, 2.75) is 55.8 Å². The fourth-order valence-corrected chi connectivity index (χ4v) is 9.56. The lowest BCUT2D eigenvalue weighted by Gasteiger charge is -2.16. The third-order valence-electron chi connectivity index (χ3n) is 10.6. The molecule has 0 fully saturated rings. The summed E-state index contributed by atoms with van der Waals surface area (Å²) in [5, 5.41) is 12.5. The van der Waals surface area contributed by atoms with E-state index < -0.39 is 96.4 Å². The normalized spacial score (nSPS) is 13.1. The average Bonchev–Trinajstić information content (AvgIpc) is 3.25. The van der Waals surface area contributed by atoms with E-state index in [9.17, 15) is 68.0 Å². The number of carboxylic acids is 1. The average molecular weight is 1260 g/mol. The number of halogens is 6. The van der Waals surface area contributed by atoms with Crippen molar-refractivity contribution >= 4 is 109 Å². The maximum atomic E-state index is 12.7. The van der Waals surface area contributed by atoms with Crippen LogP contribution in [-0.2, 0) is 39.2 Å². The minimum Gasteiger partial charge on any atom is -0.481 e. The van der Waals surface area contributed by atoms with Gasteiger partial charge in [0.05, 0.1) is 49.8 Å². The molecule has 28 nitrogen and oxygen atoms in total. The fraction of sp³-hybridized carbons (Fsp3) is 0.250. The Hall–Kier alpha value is -9.28. The van der Waals surface area contributed by atoms with Crippen molar-refractivity contribution in [2.75, 3.05) is 50.5 Å². The molecule has 2 aromatic carbocycles. The van der Waals surface area contributed by atoms with Crippen molar-refractivity contribution in [2.24, 2.45) is 0 Å². The summed E-state index contributed by atoms with van der Waals surface area (Å²) in [6.45, 7) is -4.94. The molecule has 1 aliphatic carbocycles. The number of pyridine rings is 1. The summed E-state index contributed by atoms with van der Waals surface area (Å²) in [6.07, 6.45) is 5.64. The van der Waals surface area contributed by atoms with Gasteiger partial charge in [-0.15, -0.1) is 0 Å². The van der Waals surface area contributed by atoms with Crippen LogP contribution >= 0.6 is 23.2 Å². The molecule has 0 radical (unpaired) electrons. The number of esters is 1. The second kappa shape index (κ2) is 29.1. The highest BCUT2D eigenvalue weighted by Crippen LogP contribution is 2.37. The molecule has 0 atom stereocenters. The Labute approximate surface area is 483 Å². The quantitative estimate of drug-likeness (QED) is 0.0281. The molecule has 84 heavy (non-hydrogen) atoms. The Kier molecular flexibility index (Phi) is 22.7. The molecule has 5 N–H and O–H groups in total. The van der Waals surface area contributed by atoms with E-state index in [1.807, 2.05) is 0 Å². The first-order chi connectivity index (χ1) is 39.6. The maximum absolute atomic E-state index is 12.7. The van der Waals surface area contributed by atoms with Crippen molar-refractivity contribution in [3.8, 4) is 23.5 Å². The summed E-state index contributed by atoms with van der Waals surface area (Å²) in [5.74, 6) is -6.34. The summed E-state index contributed by atoms with van der Waals surface area (Å²) in [6, 6.07) is 10.9. The van der Waals surface area contributed by atoms with Crippen LogP contribution in [-0.4, -0.2) is 142 Å². The summed E-state index contributed by atoms with van der Waals surface area (Å²) in [4.78, 5) is 104. The number of ether oxygens (including phenoxy) is 5. The molecule has 7 amide bonds. The zero-order valence-corrected chi connectivity index (χ0v) is 47.0. The van der Waals surface area contributed by atoms with E-state index in [4.69, 9.17) is 42.5 Å². The number of urea groups is 2. The number of nitrogens with zero attached hydrogens (tertiary/aromatic N) is 7. The third kappa shape index (κ3) is 17.6. The number of carbonyl (C=O) groups is 7. The number of aromatic carboxylic acids is 1. The van der Waals surface area contributed by atoms with Gasteiger partial charge in [0.2, 0.25) is 35.4 Å². The zero-order chi connectivity index (χ0) is 62.2. The number of methoxy groups -OCH3 is 2. The van der Waals surface area contributed by atoms with E-state index in [1.54, 1.807) is 35.2 Å². The van der Waals surface area contributed by atoms with Crippen LogP contribution < -0.4 is 43.9 Å². The summed E-state index contributed by atoms with van der Waals surface area (Å²) in [7, 11) is -3.56. The van der Waals surface area contributed by atoms with Gasteiger partial charge >= 0.3 is 37.2 Å².